The van der Waals surface area contributed by atoms with Gasteiger partial charge in [0.05, 0.1) is 13.2 Å². The van der Waals surface area contributed by atoms with Crippen molar-refractivity contribution in [3.8, 4) is 0 Å². The van der Waals surface area contributed by atoms with E-state index in [-0.39, 0.29) is 38.6 Å². The van der Waals surface area contributed by atoms with Gasteiger partial charge in [0.1, 0.15) is 6.61 Å². The molecule has 56 heavy (non-hydrogen) atoms. The molecular weight excluding hydrogens is 725 g/mol. The molecule has 0 saturated carbocycles. The monoisotopic (exact) mass is 816 g/mol. The molecule has 1 unspecified atom stereocenters. The average molecular weight is 816 g/mol. The highest BCUT2D eigenvalue weighted by Crippen LogP contribution is 2.43. The number of ether oxygens (including phenoxy) is 2. The van der Waals surface area contributed by atoms with E-state index in [9.17, 15) is 19.0 Å². The Morgan fingerprint density at radius 1 is 0.518 bits per heavy atom. The van der Waals surface area contributed by atoms with Gasteiger partial charge in [-0.3, -0.25) is 18.6 Å². The zero-order chi connectivity index (χ0) is 41.1. The lowest BCUT2D eigenvalue weighted by Gasteiger charge is -2.19. The Morgan fingerprint density at radius 2 is 0.875 bits per heavy atom. The normalized spacial score (nSPS) is 13.3. The highest BCUT2D eigenvalue weighted by molar-refractivity contribution is 7.47. The van der Waals surface area contributed by atoms with E-state index in [0.29, 0.717) is 6.42 Å². The molecule has 0 fully saturated rings. The maximum absolute atomic E-state index is 12.6. The summed E-state index contributed by atoms with van der Waals surface area (Å²) in [6, 6.07) is 0. The van der Waals surface area contributed by atoms with Gasteiger partial charge >= 0.3 is 19.8 Å². The molecule has 3 N–H and O–H groups in total. The van der Waals surface area contributed by atoms with E-state index in [4.69, 9.17) is 24.3 Å². The zero-order valence-electron chi connectivity index (χ0n) is 36.6. The van der Waals surface area contributed by atoms with Crippen LogP contribution >= 0.6 is 7.82 Å². The van der Waals surface area contributed by atoms with Gasteiger partial charge in [-0.1, -0.05) is 199 Å². The Labute approximate surface area is 345 Å². The molecule has 2 atom stereocenters. The van der Waals surface area contributed by atoms with Gasteiger partial charge in [-0.25, -0.2) is 4.57 Å². The number of phosphoric ester groups is 1. The smallest absolute Gasteiger partial charge is 0.462 e. The van der Waals surface area contributed by atoms with E-state index in [1.54, 1.807) is 0 Å². The molecule has 0 bridgehead atoms. The minimum absolute atomic E-state index is 0.0556. The van der Waals surface area contributed by atoms with Crippen molar-refractivity contribution >= 4 is 19.8 Å². The summed E-state index contributed by atoms with van der Waals surface area (Å²) in [5.74, 6) is -0.820. The molecule has 0 heterocycles. The van der Waals surface area contributed by atoms with Crippen LogP contribution in [0.4, 0.5) is 0 Å². The molecule has 0 aromatic carbocycles. The van der Waals surface area contributed by atoms with Crippen molar-refractivity contribution in [2.75, 3.05) is 26.4 Å². The molecule has 9 nitrogen and oxygen atoms in total. The topological polar surface area (TPSA) is 134 Å². The van der Waals surface area contributed by atoms with Gasteiger partial charge in [-0.2, -0.15) is 0 Å². The van der Waals surface area contributed by atoms with Crippen molar-refractivity contribution in [3.63, 3.8) is 0 Å². The Hall–Kier alpha value is -1.25. The quantitative estimate of drug-likeness (QED) is 0.0266. The van der Waals surface area contributed by atoms with Gasteiger partial charge in [0.2, 0.25) is 0 Å². The summed E-state index contributed by atoms with van der Waals surface area (Å²) in [5, 5.41) is 0. The lowest BCUT2D eigenvalue weighted by Crippen LogP contribution is -2.29. The number of nitrogens with two attached hydrogens (primary N) is 1. The standard InChI is InChI=1S/C46H90NO8P/c1-3-5-7-9-11-13-15-17-19-21-23-24-26-28-30-32-34-36-38-45(48)52-42-44(43-54-56(50,51)53-41-40-47)55-46(49)39-37-35-33-31-29-27-25-22-20-18-16-14-12-10-8-6-4-2/h18,20,44H,3-17,19,21-43,47H2,1-2H3,(H,50,51)/b20-18+/t44-/m1/s1. The number of esters is 2. The fraction of sp³-hybridized carbons (Fsp3) is 0.913. The molecule has 0 aliphatic heterocycles. The predicted octanol–water partition coefficient (Wildman–Crippen LogP) is 13.8. The van der Waals surface area contributed by atoms with Gasteiger partial charge in [-0.05, 0) is 38.5 Å². The van der Waals surface area contributed by atoms with Crippen LogP contribution in [0.3, 0.4) is 0 Å². The number of hydrogen-bond donors (Lipinski definition) is 2. The number of carbonyl (C=O) groups excluding carboxylic acids is 2. The molecule has 0 aromatic rings. The van der Waals surface area contributed by atoms with Crippen LogP contribution in [0.1, 0.15) is 239 Å². The highest BCUT2D eigenvalue weighted by atomic mass is 31.2. The van der Waals surface area contributed by atoms with Crippen molar-refractivity contribution in [1.82, 2.24) is 0 Å². The summed E-state index contributed by atoms with van der Waals surface area (Å²) in [5.41, 5.74) is 5.36. The third kappa shape index (κ3) is 42.4. The second-order valence-electron chi connectivity index (χ2n) is 16.0. The van der Waals surface area contributed by atoms with E-state index in [2.05, 4.69) is 26.0 Å². The number of rotatable bonds is 45. The molecule has 0 aliphatic rings. The van der Waals surface area contributed by atoms with Crippen LogP contribution in [0, 0.1) is 0 Å². The molecule has 0 rings (SSSR count). The average Bonchev–Trinajstić information content (AvgIpc) is 3.18. The van der Waals surface area contributed by atoms with Crippen molar-refractivity contribution in [2.45, 2.75) is 245 Å². The van der Waals surface area contributed by atoms with Crippen LogP contribution in [0.15, 0.2) is 12.2 Å². The Balaban J connectivity index is 4.07. The summed E-state index contributed by atoms with van der Waals surface area (Å²) in [6.07, 6.45) is 45.2. The first-order valence-electron chi connectivity index (χ1n) is 23.7. The highest BCUT2D eigenvalue weighted by Gasteiger charge is 2.26. The number of allylic oxidation sites excluding steroid dienone is 2. The van der Waals surface area contributed by atoms with Crippen LogP contribution in [-0.2, 0) is 32.7 Å². The Bertz CT molecular complexity index is 933. The van der Waals surface area contributed by atoms with Crippen molar-refractivity contribution < 1.29 is 37.6 Å². The minimum Gasteiger partial charge on any atom is -0.462 e. The van der Waals surface area contributed by atoms with Crippen LogP contribution in [0.2, 0.25) is 0 Å². The van der Waals surface area contributed by atoms with Crippen LogP contribution < -0.4 is 5.73 Å². The number of unbranched alkanes of at least 4 members (excludes halogenated alkanes) is 30. The third-order valence-corrected chi connectivity index (χ3v) is 11.4. The van der Waals surface area contributed by atoms with E-state index >= 15 is 0 Å². The third-order valence-electron chi connectivity index (χ3n) is 10.4. The van der Waals surface area contributed by atoms with E-state index in [1.807, 2.05) is 0 Å². The second kappa shape index (κ2) is 43.3. The summed E-state index contributed by atoms with van der Waals surface area (Å²) in [6.45, 7) is 3.77. The molecule has 332 valence electrons. The van der Waals surface area contributed by atoms with E-state index in [1.165, 1.54) is 161 Å². The van der Waals surface area contributed by atoms with Crippen LogP contribution in [-0.4, -0.2) is 49.3 Å². The SMILES string of the molecule is CCCCCCCC/C=C/CCCCCCCCCC(=O)O[C@H](COC(=O)CCCCCCCCCCCCCCCCCCCC)COP(=O)(O)OCCN. The van der Waals surface area contributed by atoms with Crippen molar-refractivity contribution in [3.05, 3.63) is 12.2 Å². The van der Waals surface area contributed by atoms with Gasteiger partial charge < -0.3 is 20.1 Å². The first-order chi connectivity index (χ1) is 27.3. The predicted molar refractivity (Wildman–Crippen MR) is 234 cm³/mol. The maximum atomic E-state index is 12.6. The zero-order valence-corrected chi connectivity index (χ0v) is 37.5. The minimum atomic E-state index is -4.37. The van der Waals surface area contributed by atoms with Gasteiger partial charge in [-0.15, -0.1) is 0 Å². The Morgan fingerprint density at radius 3 is 1.27 bits per heavy atom. The molecule has 0 saturated heterocycles. The number of carbonyl (C=O) groups is 2. The molecule has 0 amide bonds. The van der Waals surface area contributed by atoms with E-state index < -0.39 is 26.5 Å². The summed E-state index contributed by atoms with van der Waals surface area (Å²) >= 11 is 0. The summed E-state index contributed by atoms with van der Waals surface area (Å²) in [7, 11) is -4.37. The molecule has 10 heteroatoms. The maximum Gasteiger partial charge on any atom is 0.472 e. The fourth-order valence-electron chi connectivity index (χ4n) is 6.87. The lowest BCUT2D eigenvalue weighted by atomic mass is 10.0. The van der Waals surface area contributed by atoms with Crippen LogP contribution in [0.25, 0.3) is 0 Å². The molecule has 0 aliphatic carbocycles. The molecule has 0 aromatic heterocycles. The molecule has 0 spiro atoms. The van der Waals surface area contributed by atoms with Gasteiger partial charge in [0.15, 0.2) is 6.10 Å². The molecular formula is C46H90NO8P. The van der Waals surface area contributed by atoms with E-state index in [0.717, 1.165) is 44.9 Å². The first-order valence-corrected chi connectivity index (χ1v) is 25.2. The van der Waals surface area contributed by atoms with Gasteiger partial charge in [0, 0.05) is 19.4 Å². The molecule has 0 radical (unpaired) electrons. The first kappa shape index (κ1) is 54.8. The number of phosphoric acid groups is 1. The summed E-state index contributed by atoms with van der Waals surface area (Å²) < 4.78 is 32.9. The summed E-state index contributed by atoms with van der Waals surface area (Å²) in [4.78, 5) is 34.9. The number of hydrogen-bond acceptors (Lipinski definition) is 8. The largest absolute Gasteiger partial charge is 0.472 e. The van der Waals surface area contributed by atoms with Gasteiger partial charge in [0.25, 0.3) is 0 Å². The van der Waals surface area contributed by atoms with Crippen molar-refractivity contribution in [2.24, 2.45) is 5.73 Å². The lowest BCUT2D eigenvalue weighted by molar-refractivity contribution is -0.161. The van der Waals surface area contributed by atoms with Crippen LogP contribution in [0.5, 0.6) is 0 Å². The Kier molecular flexibility index (Phi) is 42.4. The fourth-order valence-corrected chi connectivity index (χ4v) is 7.63. The second-order valence-corrected chi connectivity index (χ2v) is 17.4. The van der Waals surface area contributed by atoms with Crippen molar-refractivity contribution in [1.29, 1.82) is 0 Å².